The number of esters is 1. The zero-order valence-electron chi connectivity index (χ0n) is 13.8. The number of hydrogen-bond donors (Lipinski definition) is 0. The molecule has 3 rings (SSSR count). The fraction of sp³-hybridized carbons (Fsp3) is 0.125. The molecule has 0 radical (unpaired) electrons. The quantitative estimate of drug-likeness (QED) is 0.368. The molecule has 0 saturated carbocycles. The van der Waals surface area contributed by atoms with Gasteiger partial charge in [0.2, 0.25) is 11.8 Å². The molecule has 0 atom stereocenters. The third kappa shape index (κ3) is 3.70. The standard InChI is InChI=1S/C16H11ClN4O6/c1-26-16(23)11-6-9(21(24)25)7-20(15(11)22)8-13-18-19-14(27-13)10-4-2-3-5-12(10)17/h2-7H,8H2,1H3. The maximum Gasteiger partial charge on any atom is 0.343 e. The third-order valence-corrected chi connectivity index (χ3v) is 3.89. The lowest BCUT2D eigenvalue weighted by molar-refractivity contribution is -0.385. The number of hydrogen-bond acceptors (Lipinski definition) is 8. The maximum atomic E-state index is 12.4. The summed E-state index contributed by atoms with van der Waals surface area (Å²) < 4.78 is 10.9. The molecule has 0 saturated heterocycles. The van der Waals surface area contributed by atoms with Gasteiger partial charge in [0.25, 0.3) is 11.2 Å². The highest BCUT2D eigenvalue weighted by Gasteiger charge is 2.21. The fourth-order valence-electron chi connectivity index (χ4n) is 2.30. The van der Waals surface area contributed by atoms with Gasteiger partial charge in [-0.1, -0.05) is 23.7 Å². The Bertz CT molecular complexity index is 1090. The van der Waals surface area contributed by atoms with Crippen LogP contribution in [0.3, 0.4) is 0 Å². The van der Waals surface area contributed by atoms with E-state index in [9.17, 15) is 19.7 Å². The first-order valence-corrected chi connectivity index (χ1v) is 7.83. The molecule has 2 aromatic heterocycles. The molecule has 0 aliphatic heterocycles. The van der Waals surface area contributed by atoms with E-state index in [-0.39, 0.29) is 18.3 Å². The molecule has 27 heavy (non-hydrogen) atoms. The van der Waals surface area contributed by atoms with Crippen molar-refractivity contribution in [3.05, 3.63) is 73.5 Å². The average molecular weight is 391 g/mol. The topological polar surface area (TPSA) is 130 Å². The zero-order valence-corrected chi connectivity index (χ0v) is 14.5. The predicted molar refractivity (Wildman–Crippen MR) is 92.5 cm³/mol. The Kier molecular flexibility index (Phi) is 4.99. The summed E-state index contributed by atoms with van der Waals surface area (Å²) >= 11 is 6.07. The molecule has 0 unspecified atom stereocenters. The van der Waals surface area contributed by atoms with Crippen molar-refractivity contribution in [3.63, 3.8) is 0 Å². The number of pyridine rings is 1. The summed E-state index contributed by atoms with van der Waals surface area (Å²) in [6, 6.07) is 7.65. The molecule has 11 heteroatoms. The van der Waals surface area contributed by atoms with Gasteiger partial charge in [0, 0.05) is 6.07 Å². The van der Waals surface area contributed by atoms with Gasteiger partial charge in [0.1, 0.15) is 12.1 Å². The van der Waals surface area contributed by atoms with E-state index in [1.807, 2.05) is 0 Å². The van der Waals surface area contributed by atoms with Crippen LogP contribution in [0.5, 0.6) is 0 Å². The van der Waals surface area contributed by atoms with Crippen molar-refractivity contribution in [2.75, 3.05) is 7.11 Å². The molecule has 2 heterocycles. The smallest absolute Gasteiger partial charge is 0.343 e. The monoisotopic (exact) mass is 390 g/mol. The molecular formula is C16H11ClN4O6. The molecule has 0 amide bonds. The molecule has 10 nitrogen and oxygen atoms in total. The average Bonchev–Trinajstić information content (AvgIpc) is 3.11. The van der Waals surface area contributed by atoms with Crippen molar-refractivity contribution in [2.45, 2.75) is 6.54 Å². The van der Waals surface area contributed by atoms with Crippen molar-refractivity contribution in [1.82, 2.24) is 14.8 Å². The summed E-state index contributed by atoms with van der Waals surface area (Å²) in [7, 11) is 1.07. The first-order valence-electron chi connectivity index (χ1n) is 7.45. The van der Waals surface area contributed by atoms with E-state index >= 15 is 0 Å². The summed E-state index contributed by atoms with van der Waals surface area (Å²) in [5.41, 5.74) is -1.22. The van der Waals surface area contributed by atoms with Crippen LogP contribution in [0, 0.1) is 10.1 Å². The van der Waals surface area contributed by atoms with Crippen molar-refractivity contribution in [3.8, 4) is 11.5 Å². The lowest BCUT2D eigenvalue weighted by Gasteiger charge is -2.05. The van der Waals surface area contributed by atoms with Gasteiger partial charge in [-0.2, -0.15) is 0 Å². The minimum Gasteiger partial charge on any atom is -0.465 e. The van der Waals surface area contributed by atoms with E-state index in [0.29, 0.717) is 10.6 Å². The summed E-state index contributed by atoms with van der Waals surface area (Å²) in [5.74, 6) is -0.856. The molecule has 1 aromatic carbocycles. The van der Waals surface area contributed by atoms with Crippen molar-refractivity contribution in [1.29, 1.82) is 0 Å². The number of methoxy groups -OCH3 is 1. The summed E-state index contributed by atoms with van der Waals surface area (Å²) in [4.78, 5) is 34.5. The normalized spacial score (nSPS) is 10.6. The van der Waals surface area contributed by atoms with E-state index in [2.05, 4.69) is 14.9 Å². The third-order valence-electron chi connectivity index (χ3n) is 3.56. The predicted octanol–water partition coefficient (Wildman–Crippen LogP) is 2.29. The van der Waals surface area contributed by atoms with Gasteiger partial charge < -0.3 is 9.15 Å². The number of carbonyl (C=O) groups excluding carboxylic acids is 1. The van der Waals surface area contributed by atoms with E-state index < -0.39 is 27.7 Å². The number of nitrogens with zero attached hydrogens (tertiary/aromatic N) is 4. The van der Waals surface area contributed by atoms with Crippen LogP contribution in [0.1, 0.15) is 16.2 Å². The van der Waals surface area contributed by atoms with Crippen molar-refractivity contribution >= 4 is 23.3 Å². The van der Waals surface area contributed by atoms with Gasteiger partial charge in [-0.3, -0.25) is 19.5 Å². The highest BCUT2D eigenvalue weighted by atomic mass is 35.5. The van der Waals surface area contributed by atoms with Gasteiger partial charge in [-0.05, 0) is 12.1 Å². The van der Waals surface area contributed by atoms with Crippen molar-refractivity contribution < 1.29 is 18.9 Å². The Hall–Kier alpha value is -3.53. The Balaban J connectivity index is 2.00. The molecular weight excluding hydrogens is 380 g/mol. The molecule has 0 N–H and O–H groups in total. The maximum absolute atomic E-state index is 12.4. The summed E-state index contributed by atoms with van der Waals surface area (Å²) in [6.45, 7) is -0.276. The van der Waals surface area contributed by atoms with Crippen LogP contribution in [-0.4, -0.2) is 32.8 Å². The van der Waals surface area contributed by atoms with E-state index in [1.165, 1.54) is 0 Å². The Morgan fingerprint density at radius 1 is 1.37 bits per heavy atom. The molecule has 138 valence electrons. The molecule has 0 spiro atoms. The fourth-order valence-corrected chi connectivity index (χ4v) is 2.52. The van der Waals surface area contributed by atoms with Crippen LogP contribution in [0.25, 0.3) is 11.5 Å². The number of aromatic nitrogens is 3. The van der Waals surface area contributed by atoms with Gasteiger partial charge in [0.15, 0.2) is 0 Å². The van der Waals surface area contributed by atoms with Crippen LogP contribution >= 0.6 is 11.6 Å². The highest BCUT2D eigenvalue weighted by Crippen LogP contribution is 2.26. The minimum atomic E-state index is -0.986. The number of carbonyl (C=O) groups is 1. The van der Waals surface area contributed by atoms with E-state index in [4.69, 9.17) is 16.0 Å². The molecule has 0 bridgehead atoms. The second-order valence-electron chi connectivity index (χ2n) is 5.27. The van der Waals surface area contributed by atoms with Crippen LogP contribution in [-0.2, 0) is 11.3 Å². The lowest BCUT2D eigenvalue weighted by atomic mass is 10.2. The zero-order chi connectivity index (χ0) is 19.6. The summed E-state index contributed by atoms with van der Waals surface area (Å²) in [6.07, 6.45) is 0.980. The second-order valence-corrected chi connectivity index (χ2v) is 5.68. The number of halogens is 1. The first-order chi connectivity index (χ1) is 12.9. The van der Waals surface area contributed by atoms with E-state index in [0.717, 1.165) is 23.9 Å². The Morgan fingerprint density at radius 2 is 2.11 bits per heavy atom. The van der Waals surface area contributed by atoms with Crippen LogP contribution in [0.2, 0.25) is 5.02 Å². The van der Waals surface area contributed by atoms with Crippen LogP contribution < -0.4 is 5.56 Å². The number of ether oxygens (including phenoxy) is 1. The Morgan fingerprint density at radius 3 is 2.78 bits per heavy atom. The SMILES string of the molecule is COC(=O)c1cc([N+](=O)[O-])cn(Cc2nnc(-c3ccccc3Cl)o2)c1=O. The lowest BCUT2D eigenvalue weighted by Crippen LogP contribution is -2.27. The van der Waals surface area contributed by atoms with Gasteiger partial charge in [-0.15, -0.1) is 10.2 Å². The number of benzene rings is 1. The summed E-state index contributed by atoms with van der Waals surface area (Å²) in [5, 5.41) is 19.2. The van der Waals surface area contributed by atoms with Gasteiger partial charge >= 0.3 is 5.97 Å². The highest BCUT2D eigenvalue weighted by molar-refractivity contribution is 6.33. The molecule has 3 aromatic rings. The van der Waals surface area contributed by atoms with Gasteiger partial charge in [0.05, 0.1) is 28.8 Å². The van der Waals surface area contributed by atoms with Crippen LogP contribution in [0.15, 0.2) is 45.7 Å². The van der Waals surface area contributed by atoms with E-state index in [1.54, 1.807) is 24.3 Å². The molecule has 0 fully saturated rings. The van der Waals surface area contributed by atoms with Gasteiger partial charge in [-0.25, -0.2) is 4.79 Å². The minimum absolute atomic E-state index is 0.00309. The number of rotatable bonds is 5. The van der Waals surface area contributed by atoms with Crippen LogP contribution in [0.4, 0.5) is 5.69 Å². The molecule has 0 aliphatic rings. The number of nitro groups is 1. The molecule has 0 aliphatic carbocycles. The first kappa shape index (κ1) is 18.3. The van der Waals surface area contributed by atoms with Crippen molar-refractivity contribution in [2.24, 2.45) is 0 Å². The Labute approximate surface area is 156 Å². The second kappa shape index (κ2) is 7.38. The largest absolute Gasteiger partial charge is 0.465 e.